The molecule has 8 nitrogen and oxygen atoms in total. The summed E-state index contributed by atoms with van der Waals surface area (Å²) in [5.41, 5.74) is -0.997. The van der Waals surface area contributed by atoms with Crippen molar-refractivity contribution < 1.29 is 19.2 Å². The van der Waals surface area contributed by atoms with E-state index < -0.39 is 5.66 Å². The molecule has 0 bridgehead atoms. The van der Waals surface area contributed by atoms with Crippen LogP contribution in [0, 0.1) is 10.8 Å². The van der Waals surface area contributed by atoms with Crippen LogP contribution in [-0.4, -0.2) is 59.5 Å². The summed E-state index contributed by atoms with van der Waals surface area (Å²) in [7, 11) is 0. The van der Waals surface area contributed by atoms with Gasteiger partial charge in [-0.05, 0) is 13.8 Å². The van der Waals surface area contributed by atoms with Crippen molar-refractivity contribution in [2.75, 3.05) is 0 Å². The van der Waals surface area contributed by atoms with Gasteiger partial charge in [0.15, 0.2) is 5.66 Å². The fraction of sp³-hybridized carbons (Fsp3) is 0.429. The van der Waals surface area contributed by atoms with Gasteiger partial charge >= 0.3 is 29.6 Å². The van der Waals surface area contributed by atoms with Crippen LogP contribution in [0.2, 0.25) is 0 Å². The molecule has 0 aliphatic rings. The summed E-state index contributed by atoms with van der Waals surface area (Å²) in [5.74, 6) is 0. The molecule has 0 aromatic heterocycles. The van der Waals surface area contributed by atoms with Crippen LogP contribution >= 0.6 is 0 Å². The number of rotatable bonds is 2. The van der Waals surface area contributed by atoms with Gasteiger partial charge in [-0.1, -0.05) is 0 Å². The molecule has 82 valence electrons. The van der Waals surface area contributed by atoms with Crippen LogP contribution in [0.25, 0.3) is 0 Å². The van der Waals surface area contributed by atoms with Gasteiger partial charge in [0.1, 0.15) is 0 Å². The Morgan fingerprint density at radius 3 is 1.19 bits per heavy atom. The van der Waals surface area contributed by atoms with Crippen molar-refractivity contribution >= 4 is 53.9 Å². The summed E-state index contributed by atoms with van der Waals surface area (Å²) in [5, 5.41) is 10.8. The van der Waals surface area contributed by atoms with Crippen LogP contribution in [0.3, 0.4) is 0 Å². The molecule has 0 atom stereocenters. The Morgan fingerprint density at radius 2 is 1.06 bits per heavy atom. The normalized spacial score (nSPS) is 6.12. The number of carbonyl (C=O) groups excluding carboxylic acids is 4. The average molecular weight is 236 g/mol. The Kier molecular flexibility index (Phi) is 28.7. The van der Waals surface area contributed by atoms with Crippen molar-refractivity contribution in [1.82, 2.24) is 0 Å². The molecule has 0 saturated heterocycles. The first-order valence-electron chi connectivity index (χ1n) is 3.21. The quantitative estimate of drug-likeness (QED) is 0.380. The zero-order valence-corrected chi connectivity index (χ0v) is 8.03. The molecule has 0 aromatic rings. The van der Waals surface area contributed by atoms with Crippen LogP contribution in [0.4, 0.5) is 0 Å². The van der Waals surface area contributed by atoms with E-state index in [4.69, 9.17) is 20.4 Å². The van der Waals surface area contributed by atoms with Crippen molar-refractivity contribution in [3.63, 3.8) is 0 Å². The summed E-state index contributed by atoms with van der Waals surface area (Å²) < 4.78 is 0. The van der Waals surface area contributed by atoms with E-state index in [0.717, 1.165) is 12.2 Å². The van der Waals surface area contributed by atoms with Crippen LogP contribution in [0.1, 0.15) is 13.8 Å². The third-order valence-electron chi connectivity index (χ3n) is 0.639. The van der Waals surface area contributed by atoms with E-state index in [9.17, 15) is 9.59 Å². The molecule has 0 heterocycles. The Hall–Kier alpha value is -1.48. The van der Waals surface area contributed by atoms with Gasteiger partial charge in [0.05, 0.1) is 0 Å². The molecular weight excluding hydrogens is 227 g/mol. The van der Waals surface area contributed by atoms with E-state index in [1.54, 1.807) is 0 Å². The number of hydrogen-bond acceptors (Lipinski definition) is 8. The fourth-order valence-corrected chi connectivity index (χ4v) is 0.248. The van der Waals surface area contributed by atoms with Crippen LogP contribution in [-0.2, 0) is 19.2 Å². The van der Waals surface area contributed by atoms with Gasteiger partial charge in [0, 0.05) is 0 Å². The Balaban J connectivity index is -0.0000000870. The molecule has 0 spiro atoms. The number of aliphatic imine (C=N–C) groups is 2. The molecule has 0 saturated carbocycles. The molecule has 0 aliphatic heterocycles. The molecule has 16 heavy (non-hydrogen) atoms. The zero-order chi connectivity index (χ0) is 12.7. The standard InChI is InChI=1S/C5H6N2O2.2CHNO.Na.H/c1-5(2,6-3-8)7-4-9;2*2-1-3;;/h1-2H3;2*2H;;. The Labute approximate surface area is 113 Å². The number of isocyanates is 4. The predicted octanol–water partition coefficient (Wildman–Crippen LogP) is -0.452. The second-order valence-corrected chi connectivity index (χ2v) is 2.10. The van der Waals surface area contributed by atoms with E-state index in [0.29, 0.717) is 0 Å². The van der Waals surface area contributed by atoms with Crippen LogP contribution in [0.5, 0.6) is 0 Å². The number of hydrogen-bond donors (Lipinski definition) is 2. The van der Waals surface area contributed by atoms with Gasteiger partial charge in [0.25, 0.3) is 0 Å². The molecule has 0 amide bonds. The molecule has 0 aromatic carbocycles. The van der Waals surface area contributed by atoms with Crippen molar-refractivity contribution in [3.8, 4) is 0 Å². The fourth-order valence-electron chi connectivity index (χ4n) is 0.248. The van der Waals surface area contributed by atoms with E-state index in [1.165, 1.54) is 26.0 Å². The molecule has 0 aliphatic carbocycles. The molecule has 0 radical (unpaired) electrons. The number of nitrogens with one attached hydrogen (secondary N) is 2. The molecular formula is C7H9N4NaO4. The predicted molar refractivity (Wildman–Crippen MR) is 54.3 cm³/mol. The SMILES string of the molecule is CC(C)(N=C=O)N=C=O.N=C=O.N=C=O.[NaH]. The van der Waals surface area contributed by atoms with Crippen LogP contribution in [0.15, 0.2) is 9.98 Å². The Morgan fingerprint density at radius 1 is 0.875 bits per heavy atom. The van der Waals surface area contributed by atoms with Gasteiger partial charge in [-0.3, -0.25) is 0 Å². The molecule has 0 rings (SSSR count). The maximum absolute atomic E-state index is 9.61. The second kappa shape index (κ2) is 19.1. The summed E-state index contributed by atoms with van der Waals surface area (Å²) in [6.07, 6.45) is 4.09. The van der Waals surface area contributed by atoms with Gasteiger partial charge in [0.2, 0.25) is 24.3 Å². The van der Waals surface area contributed by atoms with E-state index in [2.05, 4.69) is 9.98 Å². The summed E-state index contributed by atoms with van der Waals surface area (Å²) in [6, 6.07) is 0. The van der Waals surface area contributed by atoms with E-state index in [-0.39, 0.29) is 29.6 Å². The Bertz CT molecular complexity index is 298. The summed E-state index contributed by atoms with van der Waals surface area (Å²) in [6.45, 7) is 3.01. The summed E-state index contributed by atoms with van der Waals surface area (Å²) in [4.78, 5) is 42.3. The average Bonchev–Trinajstić information content (AvgIpc) is 2.06. The zero-order valence-electron chi connectivity index (χ0n) is 8.03. The minimum atomic E-state index is -0.997. The van der Waals surface area contributed by atoms with Crippen molar-refractivity contribution in [2.45, 2.75) is 19.5 Å². The van der Waals surface area contributed by atoms with Crippen molar-refractivity contribution in [1.29, 1.82) is 10.8 Å². The number of nitrogens with zero attached hydrogens (tertiary/aromatic N) is 2. The summed E-state index contributed by atoms with van der Waals surface area (Å²) >= 11 is 0. The molecule has 0 fully saturated rings. The third-order valence-corrected chi connectivity index (χ3v) is 0.639. The monoisotopic (exact) mass is 236 g/mol. The topological polar surface area (TPSA) is 141 Å². The molecule has 2 N–H and O–H groups in total. The molecule has 0 unspecified atom stereocenters. The van der Waals surface area contributed by atoms with E-state index >= 15 is 0 Å². The minimum absolute atomic E-state index is 0. The first kappa shape index (κ1) is 24.0. The van der Waals surface area contributed by atoms with Crippen LogP contribution < -0.4 is 0 Å². The second-order valence-electron chi connectivity index (χ2n) is 2.10. The first-order chi connectivity index (χ1) is 6.95. The first-order valence-corrected chi connectivity index (χ1v) is 3.21. The van der Waals surface area contributed by atoms with Crippen molar-refractivity contribution in [2.24, 2.45) is 9.98 Å². The van der Waals surface area contributed by atoms with E-state index in [1.807, 2.05) is 0 Å². The maximum atomic E-state index is 9.61. The third kappa shape index (κ3) is 39.1. The molecule has 9 heteroatoms. The van der Waals surface area contributed by atoms with Gasteiger partial charge in [-0.25, -0.2) is 30.0 Å². The van der Waals surface area contributed by atoms with Gasteiger partial charge in [-0.15, -0.1) is 0 Å². The van der Waals surface area contributed by atoms with Gasteiger partial charge in [-0.2, -0.15) is 9.98 Å². The van der Waals surface area contributed by atoms with Gasteiger partial charge < -0.3 is 0 Å². The van der Waals surface area contributed by atoms with Crippen molar-refractivity contribution in [3.05, 3.63) is 0 Å².